The third kappa shape index (κ3) is 2.24. The Bertz CT molecular complexity index is 458. The van der Waals surface area contributed by atoms with Crippen molar-refractivity contribution in [3.63, 3.8) is 0 Å². The molecule has 0 amide bonds. The number of alkyl halides is 2. The molecule has 0 saturated carbocycles. The summed E-state index contributed by atoms with van der Waals surface area (Å²) in [6.07, 6.45) is -3.04. The zero-order valence-electron chi connectivity index (χ0n) is 6.95. The number of rotatable bonds is 2. The maximum absolute atomic E-state index is 12.4. The van der Waals surface area contributed by atoms with E-state index in [1.165, 1.54) is 0 Å². The minimum absolute atomic E-state index is 0.124. The summed E-state index contributed by atoms with van der Waals surface area (Å²) >= 11 is 2.78. The molecule has 0 radical (unpaired) electrons. The molecule has 5 nitrogen and oxygen atoms in total. The SMILES string of the molecule is N#Cc1cc(C(F)F)c([N+](=O)[O-])nc1Br. The van der Waals surface area contributed by atoms with E-state index in [0.717, 1.165) is 6.07 Å². The van der Waals surface area contributed by atoms with Gasteiger partial charge in [0, 0.05) is 15.9 Å². The van der Waals surface area contributed by atoms with E-state index in [4.69, 9.17) is 5.26 Å². The molecule has 1 aromatic heterocycles. The molecular weight excluding hydrogens is 276 g/mol. The van der Waals surface area contributed by atoms with Gasteiger partial charge in [-0.05, 0) is 16.0 Å². The standard InChI is InChI=1S/C7H2BrF2N3O2/c8-5-3(2-11)1-4(6(9)10)7(12-5)13(14)15/h1,6H. The Balaban J connectivity index is 3.47. The summed E-state index contributed by atoms with van der Waals surface area (Å²) in [6.45, 7) is 0. The van der Waals surface area contributed by atoms with Crippen LogP contribution >= 0.6 is 15.9 Å². The van der Waals surface area contributed by atoms with Crippen LogP contribution in [0.2, 0.25) is 0 Å². The Morgan fingerprint density at radius 1 is 1.67 bits per heavy atom. The molecule has 1 aromatic rings. The van der Waals surface area contributed by atoms with Gasteiger partial charge in [0.15, 0.2) is 0 Å². The predicted molar refractivity (Wildman–Crippen MR) is 48.3 cm³/mol. The van der Waals surface area contributed by atoms with Gasteiger partial charge in [0.25, 0.3) is 6.43 Å². The van der Waals surface area contributed by atoms with Gasteiger partial charge in [-0.1, -0.05) is 0 Å². The zero-order chi connectivity index (χ0) is 11.6. The maximum Gasteiger partial charge on any atom is 0.373 e. The van der Waals surface area contributed by atoms with Crippen molar-refractivity contribution in [1.29, 1.82) is 5.26 Å². The van der Waals surface area contributed by atoms with Gasteiger partial charge in [-0.2, -0.15) is 5.26 Å². The number of aromatic nitrogens is 1. The normalized spacial score (nSPS) is 10.1. The van der Waals surface area contributed by atoms with Crippen LogP contribution in [-0.4, -0.2) is 9.91 Å². The van der Waals surface area contributed by atoms with E-state index in [2.05, 4.69) is 20.9 Å². The van der Waals surface area contributed by atoms with Crippen LogP contribution in [0.5, 0.6) is 0 Å². The Hall–Kier alpha value is -1.62. The van der Waals surface area contributed by atoms with Crippen LogP contribution in [0.1, 0.15) is 17.6 Å². The summed E-state index contributed by atoms with van der Waals surface area (Å²) in [5.74, 6) is -0.948. The average Bonchev–Trinajstić information content (AvgIpc) is 2.16. The lowest BCUT2D eigenvalue weighted by Gasteiger charge is -2.01. The number of pyridine rings is 1. The molecule has 1 rings (SSSR count). The Kier molecular flexibility index (Phi) is 3.26. The van der Waals surface area contributed by atoms with Crippen LogP contribution < -0.4 is 0 Å². The van der Waals surface area contributed by atoms with E-state index < -0.39 is 22.7 Å². The third-order valence-corrected chi connectivity index (χ3v) is 2.12. The summed E-state index contributed by atoms with van der Waals surface area (Å²) in [5, 5.41) is 18.9. The first-order valence-corrected chi connectivity index (χ1v) is 4.29. The fourth-order valence-corrected chi connectivity index (χ4v) is 1.25. The minimum Gasteiger partial charge on any atom is -0.358 e. The number of nitro groups is 1. The summed E-state index contributed by atoms with van der Waals surface area (Å²) in [7, 11) is 0. The number of nitrogens with zero attached hydrogens (tertiary/aromatic N) is 3. The molecule has 78 valence electrons. The Morgan fingerprint density at radius 3 is 2.67 bits per heavy atom. The van der Waals surface area contributed by atoms with Crippen molar-refractivity contribution < 1.29 is 13.7 Å². The molecule has 0 N–H and O–H groups in total. The average molecular weight is 278 g/mol. The second-order valence-electron chi connectivity index (χ2n) is 2.41. The first-order chi connectivity index (χ1) is 6.97. The van der Waals surface area contributed by atoms with E-state index in [1.54, 1.807) is 6.07 Å². The van der Waals surface area contributed by atoms with Crippen molar-refractivity contribution in [2.24, 2.45) is 0 Å². The maximum atomic E-state index is 12.4. The van der Waals surface area contributed by atoms with E-state index in [1.807, 2.05) is 0 Å². The molecule has 0 fully saturated rings. The Morgan fingerprint density at radius 2 is 2.27 bits per heavy atom. The van der Waals surface area contributed by atoms with Crippen molar-refractivity contribution in [2.45, 2.75) is 6.43 Å². The van der Waals surface area contributed by atoms with Crippen molar-refractivity contribution in [3.05, 3.63) is 31.9 Å². The van der Waals surface area contributed by atoms with E-state index >= 15 is 0 Å². The minimum atomic E-state index is -3.04. The molecular formula is C7H2BrF2N3O2. The van der Waals surface area contributed by atoms with E-state index in [9.17, 15) is 18.9 Å². The number of nitriles is 1. The lowest BCUT2D eigenvalue weighted by molar-refractivity contribution is -0.391. The number of hydrogen-bond donors (Lipinski definition) is 0. The van der Waals surface area contributed by atoms with Gasteiger partial charge in [0.05, 0.1) is 0 Å². The molecule has 0 aromatic carbocycles. The van der Waals surface area contributed by atoms with Gasteiger partial charge >= 0.3 is 5.82 Å². The van der Waals surface area contributed by atoms with Gasteiger partial charge in [0.2, 0.25) is 4.60 Å². The molecule has 1 heterocycles. The number of halogens is 3. The van der Waals surface area contributed by atoms with Crippen molar-refractivity contribution in [3.8, 4) is 6.07 Å². The summed E-state index contributed by atoms with van der Waals surface area (Å²) in [6, 6.07) is 2.34. The molecule has 8 heteroatoms. The molecule has 0 saturated heterocycles. The summed E-state index contributed by atoms with van der Waals surface area (Å²) in [4.78, 5) is 12.6. The van der Waals surface area contributed by atoms with Crippen LogP contribution in [0.15, 0.2) is 10.7 Å². The highest BCUT2D eigenvalue weighted by Crippen LogP contribution is 2.30. The molecule has 0 aliphatic carbocycles. The van der Waals surface area contributed by atoms with Crippen molar-refractivity contribution in [2.75, 3.05) is 0 Å². The predicted octanol–water partition coefficient (Wildman–Crippen LogP) is 2.56. The van der Waals surface area contributed by atoms with Crippen molar-refractivity contribution >= 4 is 21.7 Å². The number of hydrogen-bond acceptors (Lipinski definition) is 4. The second kappa shape index (κ2) is 4.27. The van der Waals surface area contributed by atoms with Crippen LogP contribution in [0, 0.1) is 21.4 Å². The fraction of sp³-hybridized carbons (Fsp3) is 0.143. The van der Waals surface area contributed by atoms with Crippen LogP contribution in [0.25, 0.3) is 0 Å². The largest absolute Gasteiger partial charge is 0.373 e. The highest BCUT2D eigenvalue weighted by atomic mass is 79.9. The van der Waals surface area contributed by atoms with Gasteiger partial charge in [0.1, 0.15) is 17.2 Å². The summed E-state index contributed by atoms with van der Waals surface area (Å²) < 4.78 is 24.6. The summed E-state index contributed by atoms with van der Waals surface area (Å²) in [5.41, 5.74) is -1.03. The van der Waals surface area contributed by atoms with Gasteiger partial charge < -0.3 is 10.1 Å². The van der Waals surface area contributed by atoms with E-state index in [-0.39, 0.29) is 10.2 Å². The molecule has 0 bridgehead atoms. The molecule has 0 spiro atoms. The molecule has 15 heavy (non-hydrogen) atoms. The highest BCUT2D eigenvalue weighted by molar-refractivity contribution is 9.10. The Labute approximate surface area is 90.6 Å². The lowest BCUT2D eigenvalue weighted by Crippen LogP contribution is -2.01. The topological polar surface area (TPSA) is 79.8 Å². The quantitative estimate of drug-likeness (QED) is 0.473. The van der Waals surface area contributed by atoms with Crippen LogP contribution in [0.4, 0.5) is 14.6 Å². The molecule has 0 aliphatic rings. The van der Waals surface area contributed by atoms with Gasteiger partial charge in [-0.15, -0.1) is 0 Å². The third-order valence-electron chi connectivity index (χ3n) is 1.51. The van der Waals surface area contributed by atoms with Crippen molar-refractivity contribution in [1.82, 2.24) is 4.98 Å². The van der Waals surface area contributed by atoms with E-state index in [0.29, 0.717) is 0 Å². The molecule has 0 unspecified atom stereocenters. The van der Waals surface area contributed by atoms with Gasteiger partial charge in [-0.25, -0.2) is 8.78 Å². The first-order valence-electron chi connectivity index (χ1n) is 3.50. The van der Waals surface area contributed by atoms with Gasteiger partial charge in [-0.3, -0.25) is 0 Å². The molecule has 0 atom stereocenters. The molecule has 0 aliphatic heterocycles. The first kappa shape index (κ1) is 11.5. The monoisotopic (exact) mass is 277 g/mol. The zero-order valence-corrected chi connectivity index (χ0v) is 8.53. The highest BCUT2D eigenvalue weighted by Gasteiger charge is 2.26. The second-order valence-corrected chi connectivity index (χ2v) is 3.16. The fourth-order valence-electron chi connectivity index (χ4n) is 0.883. The van der Waals surface area contributed by atoms with Crippen LogP contribution in [-0.2, 0) is 0 Å². The lowest BCUT2D eigenvalue weighted by atomic mass is 10.2. The smallest absolute Gasteiger partial charge is 0.358 e. The van der Waals surface area contributed by atoms with Crippen LogP contribution in [0.3, 0.4) is 0 Å².